The second kappa shape index (κ2) is 5.56. The highest BCUT2D eigenvalue weighted by Crippen LogP contribution is 2.36. The predicted octanol–water partition coefficient (Wildman–Crippen LogP) is 4.38. The van der Waals surface area contributed by atoms with Gasteiger partial charge in [0.05, 0.1) is 11.3 Å². The van der Waals surface area contributed by atoms with E-state index >= 15 is 0 Å². The van der Waals surface area contributed by atoms with Gasteiger partial charge in [-0.3, -0.25) is 0 Å². The molecule has 5 heteroatoms. The summed E-state index contributed by atoms with van der Waals surface area (Å²) in [6.07, 6.45) is 4.85. The molecular formula is C15H18BrN3O. The third-order valence-corrected chi connectivity index (χ3v) is 4.72. The lowest BCUT2D eigenvalue weighted by Crippen LogP contribution is -2.12. The molecule has 2 N–H and O–H groups in total. The van der Waals surface area contributed by atoms with Gasteiger partial charge in [0, 0.05) is 10.4 Å². The number of halogens is 1. The lowest BCUT2D eigenvalue weighted by molar-refractivity contribution is 0.324. The van der Waals surface area contributed by atoms with E-state index in [0.717, 1.165) is 34.6 Å². The first-order valence-corrected chi connectivity index (χ1v) is 7.82. The molecule has 0 aliphatic heterocycles. The minimum Gasteiger partial charge on any atom is -0.397 e. The number of aromatic nitrogens is 2. The number of nitrogen functional groups attached to an aromatic ring is 1. The van der Waals surface area contributed by atoms with Crippen molar-refractivity contribution >= 4 is 21.6 Å². The summed E-state index contributed by atoms with van der Waals surface area (Å²) >= 11 is 3.42. The first kappa shape index (κ1) is 13.6. The maximum absolute atomic E-state index is 6.05. The summed E-state index contributed by atoms with van der Waals surface area (Å²) < 4.78 is 6.26. The van der Waals surface area contributed by atoms with Gasteiger partial charge in [-0.1, -0.05) is 31.0 Å². The van der Waals surface area contributed by atoms with E-state index < -0.39 is 0 Å². The number of hydrogen-bond donors (Lipinski definition) is 1. The van der Waals surface area contributed by atoms with Crippen LogP contribution in [0.1, 0.15) is 44.3 Å². The summed E-state index contributed by atoms with van der Waals surface area (Å²) in [4.78, 5) is 4.56. The molecule has 1 saturated carbocycles. The molecule has 1 heterocycles. The molecule has 2 atom stereocenters. The highest BCUT2D eigenvalue weighted by Gasteiger charge is 2.25. The molecular weight excluding hydrogens is 318 g/mol. The van der Waals surface area contributed by atoms with Gasteiger partial charge in [0.15, 0.2) is 5.82 Å². The second-order valence-corrected chi connectivity index (χ2v) is 6.48. The average Bonchev–Trinajstić information content (AvgIpc) is 2.91. The molecule has 4 nitrogen and oxygen atoms in total. The van der Waals surface area contributed by atoms with Gasteiger partial charge in [0.25, 0.3) is 5.89 Å². The molecule has 20 heavy (non-hydrogen) atoms. The molecule has 1 aromatic heterocycles. The monoisotopic (exact) mass is 335 g/mol. The maximum atomic E-state index is 6.05. The minimum absolute atomic E-state index is 0.421. The topological polar surface area (TPSA) is 64.9 Å². The highest BCUT2D eigenvalue weighted by molar-refractivity contribution is 9.10. The molecule has 0 spiro atoms. The van der Waals surface area contributed by atoms with Gasteiger partial charge in [-0.05, 0) is 46.8 Å². The molecule has 2 unspecified atom stereocenters. The van der Waals surface area contributed by atoms with Crippen LogP contribution in [-0.2, 0) is 0 Å². The Morgan fingerprint density at radius 2 is 2.20 bits per heavy atom. The van der Waals surface area contributed by atoms with E-state index in [1.54, 1.807) is 0 Å². The molecule has 0 amide bonds. The van der Waals surface area contributed by atoms with Crippen molar-refractivity contribution in [2.75, 3.05) is 5.73 Å². The van der Waals surface area contributed by atoms with Gasteiger partial charge in [-0.2, -0.15) is 4.98 Å². The van der Waals surface area contributed by atoms with E-state index in [0.29, 0.717) is 17.5 Å². The number of nitrogens with zero attached hydrogens (tertiary/aromatic N) is 2. The van der Waals surface area contributed by atoms with Crippen LogP contribution in [0.15, 0.2) is 27.2 Å². The van der Waals surface area contributed by atoms with Crippen LogP contribution in [0.25, 0.3) is 11.5 Å². The number of nitrogens with two attached hydrogens (primary N) is 1. The molecule has 2 aromatic rings. The fraction of sp³-hybridized carbons (Fsp3) is 0.467. The zero-order valence-electron chi connectivity index (χ0n) is 11.5. The maximum Gasteiger partial charge on any atom is 0.260 e. The molecule has 1 aromatic carbocycles. The van der Waals surface area contributed by atoms with Crippen LogP contribution in [0.5, 0.6) is 0 Å². The number of benzene rings is 1. The van der Waals surface area contributed by atoms with E-state index in [4.69, 9.17) is 10.3 Å². The Morgan fingerprint density at radius 1 is 1.35 bits per heavy atom. The Hall–Kier alpha value is -1.36. The standard InChI is InChI=1S/C15H18BrN3O/c1-9-4-2-5-10(8-9)14-18-15(20-19-14)11-6-3-7-12(16)13(11)17/h3,6-7,9-10H,2,4-5,8,17H2,1H3. The smallest absolute Gasteiger partial charge is 0.260 e. The van der Waals surface area contributed by atoms with E-state index in [1.807, 2.05) is 18.2 Å². The zero-order chi connectivity index (χ0) is 14.1. The molecule has 1 fully saturated rings. The second-order valence-electron chi connectivity index (χ2n) is 5.63. The van der Waals surface area contributed by atoms with Crippen molar-refractivity contribution in [2.45, 2.75) is 38.5 Å². The van der Waals surface area contributed by atoms with Gasteiger partial charge in [-0.15, -0.1) is 0 Å². The summed E-state index contributed by atoms with van der Waals surface area (Å²) in [5, 5.41) is 4.16. The Balaban J connectivity index is 1.88. The lowest BCUT2D eigenvalue weighted by Gasteiger charge is -2.23. The van der Waals surface area contributed by atoms with Crippen molar-refractivity contribution in [3.63, 3.8) is 0 Å². The van der Waals surface area contributed by atoms with Crippen molar-refractivity contribution in [1.82, 2.24) is 10.1 Å². The first-order chi connectivity index (χ1) is 9.65. The van der Waals surface area contributed by atoms with Crippen LogP contribution in [-0.4, -0.2) is 10.1 Å². The number of para-hydroxylation sites is 1. The fourth-order valence-corrected chi connectivity index (χ4v) is 3.27. The fourth-order valence-electron chi connectivity index (χ4n) is 2.90. The molecule has 0 bridgehead atoms. The Morgan fingerprint density at radius 3 is 3.00 bits per heavy atom. The summed E-state index contributed by atoms with van der Waals surface area (Å²) in [5.41, 5.74) is 7.48. The van der Waals surface area contributed by atoms with Crippen LogP contribution in [0.2, 0.25) is 0 Å². The van der Waals surface area contributed by atoms with Crippen LogP contribution >= 0.6 is 15.9 Å². The highest BCUT2D eigenvalue weighted by atomic mass is 79.9. The van der Waals surface area contributed by atoms with Gasteiger partial charge < -0.3 is 10.3 Å². The third kappa shape index (κ3) is 2.59. The molecule has 0 radical (unpaired) electrons. The molecule has 106 valence electrons. The van der Waals surface area contributed by atoms with Crippen molar-refractivity contribution in [2.24, 2.45) is 5.92 Å². The van der Waals surface area contributed by atoms with Gasteiger partial charge in [-0.25, -0.2) is 0 Å². The predicted molar refractivity (Wildman–Crippen MR) is 82.2 cm³/mol. The number of anilines is 1. The van der Waals surface area contributed by atoms with E-state index in [2.05, 4.69) is 33.0 Å². The average molecular weight is 336 g/mol. The number of hydrogen-bond acceptors (Lipinski definition) is 4. The largest absolute Gasteiger partial charge is 0.397 e. The SMILES string of the molecule is CC1CCCC(c2noc(-c3cccc(Br)c3N)n2)C1. The van der Waals surface area contributed by atoms with E-state index in [1.165, 1.54) is 12.8 Å². The summed E-state index contributed by atoms with van der Waals surface area (Å²) in [5.74, 6) is 2.50. The summed E-state index contributed by atoms with van der Waals surface area (Å²) in [7, 11) is 0. The molecule has 1 aliphatic carbocycles. The Kier molecular flexibility index (Phi) is 3.78. The van der Waals surface area contributed by atoms with Crippen LogP contribution in [0, 0.1) is 5.92 Å². The van der Waals surface area contributed by atoms with Crippen LogP contribution < -0.4 is 5.73 Å². The molecule has 0 saturated heterocycles. The first-order valence-electron chi connectivity index (χ1n) is 7.03. The van der Waals surface area contributed by atoms with Crippen LogP contribution in [0.4, 0.5) is 5.69 Å². The number of rotatable bonds is 2. The van der Waals surface area contributed by atoms with Crippen molar-refractivity contribution in [3.8, 4) is 11.5 Å². The van der Waals surface area contributed by atoms with E-state index in [9.17, 15) is 0 Å². The van der Waals surface area contributed by atoms with Crippen molar-refractivity contribution in [1.29, 1.82) is 0 Å². The third-order valence-electron chi connectivity index (χ3n) is 4.03. The van der Waals surface area contributed by atoms with Crippen molar-refractivity contribution in [3.05, 3.63) is 28.5 Å². The Labute approximate surface area is 126 Å². The normalized spacial score (nSPS) is 22.9. The summed E-state index contributed by atoms with van der Waals surface area (Å²) in [6, 6.07) is 5.72. The van der Waals surface area contributed by atoms with Gasteiger partial charge in [0.1, 0.15) is 0 Å². The molecule has 1 aliphatic rings. The quantitative estimate of drug-likeness (QED) is 0.827. The molecule has 3 rings (SSSR count). The zero-order valence-corrected chi connectivity index (χ0v) is 13.1. The lowest BCUT2D eigenvalue weighted by atomic mass is 9.82. The van der Waals surface area contributed by atoms with Crippen LogP contribution in [0.3, 0.4) is 0 Å². The van der Waals surface area contributed by atoms with Gasteiger partial charge in [0.2, 0.25) is 0 Å². The summed E-state index contributed by atoms with van der Waals surface area (Å²) in [6.45, 7) is 2.29. The minimum atomic E-state index is 0.421. The van der Waals surface area contributed by atoms with Crippen molar-refractivity contribution < 1.29 is 4.52 Å². The van der Waals surface area contributed by atoms with Gasteiger partial charge >= 0.3 is 0 Å². The Bertz CT molecular complexity index is 611. The van der Waals surface area contributed by atoms with E-state index in [-0.39, 0.29) is 0 Å².